The van der Waals surface area contributed by atoms with Gasteiger partial charge in [-0.25, -0.2) is 8.42 Å². The molecule has 13 heavy (non-hydrogen) atoms. The molecular weight excluding hydrogens is 220 g/mol. The molecule has 0 aliphatic carbocycles. The third-order valence-electron chi connectivity index (χ3n) is 0.724. The summed E-state index contributed by atoms with van der Waals surface area (Å²) in [6.07, 6.45) is 4.40. The summed E-state index contributed by atoms with van der Waals surface area (Å²) in [5.41, 5.74) is 0. The lowest BCUT2D eigenvalue weighted by molar-refractivity contribution is -0.136. The molecular formula is C5H12O6S2. The second-order valence-electron chi connectivity index (χ2n) is 2.26. The first kappa shape index (κ1) is 15.2. The van der Waals surface area contributed by atoms with Crippen LogP contribution in [0.2, 0.25) is 0 Å². The Hall–Kier alpha value is -0.310. The molecule has 0 aromatic carbocycles. The molecule has 0 heterocycles. The maximum Gasteiger partial charge on any atom is 0.308 e. The standard InChI is InChI=1S/C5H10O2S.H2O4S/c1-8(2)4-3-5(6)7;1-5(2,3)4/h3-4H2,1-2H3;(H2,1,2,3,4). The van der Waals surface area contributed by atoms with Crippen LogP contribution in [0.15, 0.2) is 0 Å². The molecule has 2 N–H and O–H groups in total. The van der Waals surface area contributed by atoms with Gasteiger partial charge in [-0.15, -0.1) is 0 Å². The maximum absolute atomic E-state index is 9.91. The molecule has 8 heteroatoms. The van der Waals surface area contributed by atoms with Crippen molar-refractivity contribution in [2.24, 2.45) is 0 Å². The Balaban J connectivity index is 0. The summed E-state index contributed by atoms with van der Waals surface area (Å²) >= 11 is 0. The lowest BCUT2D eigenvalue weighted by Crippen LogP contribution is -2.07. The molecule has 0 aliphatic heterocycles. The number of carbonyl (C=O) groups is 1. The van der Waals surface area contributed by atoms with Crippen molar-refractivity contribution < 1.29 is 27.4 Å². The number of carboxylic acid groups (broad SMARTS) is 1. The monoisotopic (exact) mass is 232 g/mol. The summed E-state index contributed by atoms with van der Waals surface area (Å²) in [4.78, 5) is 9.91. The highest BCUT2D eigenvalue weighted by Gasteiger charge is 2.04. The van der Waals surface area contributed by atoms with E-state index in [0.717, 1.165) is 5.75 Å². The minimum absolute atomic E-state index is 0.283. The Kier molecular flexibility index (Phi) is 8.32. The first-order valence-electron chi connectivity index (χ1n) is 3.07. The van der Waals surface area contributed by atoms with Gasteiger partial charge in [-0.05, 0) is 10.9 Å². The lowest BCUT2D eigenvalue weighted by atomic mass is 10.5. The van der Waals surface area contributed by atoms with Gasteiger partial charge < -0.3 is 9.66 Å². The highest BCUT2D eigenvalue weighted by Crippen LogP contribution is 1.87. The predicted octanol–water partition coefficient (Wildman–Crippen LogP) is -0.656. The molecule has 0 atom stereocenters. The first-order valence-corrected chi connectivity index (χ1v) is 6.64. The van der Waals surface area contributed by atoms with E-state index in [1.54, 1.807) is 0 Å². The van der Waals surface area contributed by atoms with Gasteiger partial charge in [-0.2, -0.15) is 0 Å². The topological polar surface area (TPSA) is 115 Å². The SMILES string of the molecule is C[S+](C)CCC(=O)O.O=S(=O)([O-])O. The fraction of sp³-hybridized carbons (Fsp3) is 0.800. The van der Waals surface area contributed by atoms with E-state index in [4.69, 9.17) is 22.6 Å². The van der Waals surface area contributed by atoms with Crippen LogP contribution in [0.25, 0.3) is 0 Å². The average molecular weight is 232 g/mol. The molecule has 80 valence electrons. The molecule has 0 saturated heterocycles. The molecule has 0 saturated carbocycles. The smallest absolute Gasteiger partial charge is 0.308 e. The average Bonchev–Trinajstić information content (AvgIpc) is 1.79. The van der Waals surface area contributed by atoms with E-state index in [0.29, 0.717) is 6.42 Å². The fourth-order valence-corrected chi connectivity index (χ4v) is 0.874. The first-order chi connectivity index (χ1) is 5.63. The third-order valence-corrected chi connectivity index (χ3v) is 1.74. The van der Waals surface area contributed by atoms with Crippen LogP contribution in [-0.4, -0.2) is 46.9 Å². The van der Waals surface area contributed by atoms with Crippen LogP contribution in [0.1, 0.15) is 6.42 Å². The summed E-state index contributed by atoms with van der Waals surface area (Å²) in [7, 11) is -4.63. The Morgan fingerprint density at radius 3 is 1.85 bits per heavy atom. The van der Waals surface area contributed by atoms with Crippen molar-refractivity contribution in [2.75, 3.05) is 18.3 Å². The molecule has 0 rings (SSSR count). The van der Waals surface area contributed by atoms with Crippen LogP contribution in [0, 0.1) is 0 Å². The highest BCUT2D eigenvalue weighted by molar-refractivity contribution is 7.95. The molecule has 0 aromatic rings. The second-order valence-corrected chi connectivity index (χ2v) is 5.50. The molecule has 0 aliphatic rings. The van der Waals surface area contributed by atoms with Crippen LogP contribution in [0.4, 0.5) is 0 Å². The van der Waals surface area contributed by atoms with Crippen molar-refractivity contribution in [3.8, 4) is 0 Å². The molecule has 0 bridgehead atoms. The molecule has 0 fully saturated rings. The van der Waals surface area contributed by atoms with Crippen LogP contribution in [-0.2, 0) is 26.1 Å². The van der Waals surface area contributed by atoms with E-state index in [9.17, 15) is 4.79 Å². The highest BCUT2D eigenvalue weighted by atomic mass is 32.3. The van der Waals surface area contributed by atoms with Gasteiger partial charge in [0.15, 0.2) is 0 Å². The normalized spacial score (nSPS) is 10.5. The molecule has 0 amide bonds. The van der Waals surface area contributed by atoms with E-state index in [2.05, 4.69) is 0 Å². The van der Waals surface area contributed by atoms with Crippen molar-refractivity contribution in [1.29, 1.82) is 0 Å². The quantitative estimate of drug-likeness (QED) is 0.379. The zero-order valence-electron chi connectivity index (χ0n) is 7.26. The van der Waals surface area contributed by atoms with Crippen molar-refractivity contribution in [1.82, 2.24) is 0 Å². The van der Waals surface area contributed by atoms with E-state index in [-0.39, 0.29) is 10.9 Å². The van der Waals surface area contributed by atoms with Gasteiger partial charge >= 0.3 is 5.97 Å². The van der Waals surface area contributed by atoms with Gasteiger partial charge in [0.25, 0.3) is 0 Å². The van der Waals surface area contributed by atoms with Crippen molar-refractivity contribution >= 4 is 27.3 Å². The Morgan fingerprint density at radius 1 is 1.46 bits per heavy atom. The number of carboxylic acids is 1. The van der Waals surface area contributed by atoms with Crippen LogP contribution in [0.3, 0.4) is 0 Å². The molecule has 0 spiro atoms. The van der Waals surface area contributed by atoms with Gasteiger partial charge in [0.05, 0.1) is 18.9 Å². The minimum atomic E-state index is -4.92. The summed E-state index contributed by atoms with van der Waals surface area (Å²) in [6.45, 7) is 0. The summed E-state index contributed by atoms with van der Waals surface area (Å²) < 4.78 is 32.8. The van der Waals surface area contributed by atoms with Crippen LogP contribution in [0.5, 0.6) is 0 Å². The molecule has 0 aromatic heterocycles. The summed E-state index contributed by atoms with van der Waals surface area (Å²) in [5, 5.41) is 8.17. The fourth-order valence-electron chi connectivity index (χ4n) is 0.291. The van der Waals surface area contributed by atoms with E-state index in [1.165, 1.54) is 0 Å². The van der Waals surface area contributed by atoms with Gasteiger partial charge in [-0.1, -0.05) is 0 Å². The molecule has 0 radical (unpaired) electrons. The largest absolute Gasteiger partial charge is 0.726 e. The van der Waals surface area contributed by atoms with E-state index >= 15 is 0 Å². The van der Waals surface area contributed by atoms with Crippen LogP contribution >= 0.6 is 0 Å². The van der Waals surface area contributed by atoms with Gasteiger partial charge in [-0.3, -0.25) is 9.35 Å². The van der Waals surface area contributed by atoms with Crippen molar-refractivity contribution in [3.05, 3.63) is 0 Å². The number of rotatable bonds is 3. The van der Waals surface area contributed by atoms with Gasteiger partial charge in [0, 0.05) is 0 Å². The third kappa shape index (κ3) is 49.9. The Labute approximate surface area is 79.9 Å². The van der Waals surface area contributed by atoms with E-state index in [1.807, 2.05) is 12.5 Å². The number of aliphatic carboxylic acids is 1. The van der Waals surface area contributed by atoms with Gasteiger partial charge in [0.1, 0.15) is 5.75 Å². The zero-order valence-corrected chi connectivity index (χ0v) is 8.89. The van der Waals surface area contributed by atoms with Gasteiger partial charge in [0.2, 0.25) is 10.4 Å². The summed E-state index contributed by atoms with van der Waals surface area (Å²) in [5.74, 6) is 0.126. The summed E-state index contributed by atoms with van der Waals surface area (Å²) in [6, 6.07) is 0. The van der Waals surface area contributed by atoms with Crippen LogP contribution < -0.4 is 0 Å². The Morgan fingerprint density at radius 2 is 1.77 bits per heavy atom. The zero-order chi connectivity index (χ0) is 11.1. The second kappa shape index (κ2) is 7.13. The molecule has 0 unspecified atom stereocenters. The number of hydrogen-bond donors (Lipinski definition) is 2. The van der Waals surface area contributed by atoms with Crippen molar-refractivity contribution in [2.45, 2.75) is 6.42 Å². The predicted molar refractivity (Wildman–Crippen MR) is 48.7 cm³/mol. The lowest BCUT2D eigenvalue weighted by Gasteiger charge is -1.90. The number of hydrogen-bond acceptors (Lipinski definition) is 4. The maximum atomic E-state index is 9.91. The Bertz CT molecular complexity index is 223. The molecule has 6 nitrogen and oxygen atoms in total. The van der Waals surface area contributed by atoms with E-state index < -0.39 is 16.4 Å². The minimum Gasteiger partial charge on any atom is -0.726 e. The van der Waals surface area contributed by atoms with Crippen molar-refractivity contribution in [3.63, 3.8) is 0 Å².